The minimum Gasteiger partial charge on any atom is -0.493 e. The number of ether oxygens (including phenoxy) is 1. The van der Waals surface area contributed by atoms with Gasteiger partial charge in [-0.15, -0.1) is 0 Å². The van der Waals surface area contributed by atoms with E-state index in [9.17, 15) is 17.6 Å². The van der Waals surface area contributed by atoms with Gasteiger partial charge in [-0.2, -0.15) is 4.31 Å². The molecule has 6 nitrogen and oxygen atoms in total. The highest BCUT2D eigenvalue weighted by molar-refractivity contribution is 7.89. The zero-order chi connectivity index (χ0) is 20.4. The van der Waals surface area contributed by atoms with E-state index in [2.05, 4.69) is 0 Å². The Bertz CT molecular complexity index is 1170. The summed E-state index contributed by atoms with van der Waals surface area (Å²) in [7, 11) is -3.68. The Kier molecular flexibility index (Phi) is 5.38. The predicted octanol–water partition coefficient (Wildman–Crippen LogP) is 3.41. The molecule has 2 aromatic carbocycles. The Labute approximate surface area is 167 Å². The molecule has 0 aliphatic carbocycles. The number of sulfonamides is 1. The molecule has 1 atom stereocenters. The fourth-order valence-corrected chi connectivity index (χ4v) is 5.08. The summed E-state index contributed by atoms with van der Waals surface area (Å²) in [6.07, 6.45) is 1.59. The Morgan fingerprint density at radius 2 is 1.90 bits per heavy atom. The molecule has 3 aromatic rings. The maximum absolute atomic E-state index is 13.1. The molecular weight excluding hydrogens is 397 g/mol. The summed E-state index contributed by atoms with van der Waals surface area (Å²) in [5, 5.41) is 0.555. The van der Waals surface area contributed by atoms with Crippen LogP contribution in [0.4, 0.5) is 4.39 Å². The number of fused-ring (bicyclic) bond motifs is 1. The van der Waals surface area contributed by atoms with E-state index >= 15 is 0 Å². The van der Waals surface area contributed by atoms with E-state index in [4.69, 9.17) is 9.15 Å². The van der Waals surface area contributed by atoms with E-state index in [0.29, 0.717) is 36.4 Å². The molecule has 0 radical (unpaired) electrons. The highest BCUT2D eigenvalue weighted by Gasteiger charge is 2.30. The topological polar surface area (TPSA) is 76.8 Å². The molecule has 2 heterocycles. The van der Waals surface area contributed by atoms with Crippen LogP contribution in [0.3, 0.4) is 0 Å². The lowest BCUT2D eigenvalue weighted by atomic mass is 10.0. The molecule has 8 heteroatoms. The van der Waals surface area contributed by atoms with Gasteiger partial charge in [-0.25, -0.2) is 17.6 Å². The third-order valence-corrected chi connectivity index (χ3v) is 6.87. The number of hydrogen-bond donors (Lipinski definition) is 0. The monoisotopic (exact) mass is 417 g/mol. The van der Waals surface area contributed by atoms with Crippen molar-refractivity contribution in [2.45, 2.75) is 17.7 Å². The van der Waals surface area contributed by atoms with Gasteiger partial charge in [0.15, 0.2) is 0 Å². The largest absolute Gasteiger partial charge is 0.493 e. The Balaban J connectivity index is 1.48. The molecule has 0 saturated carbocycles. The lowest BCUT2D eigenvalue weighted by Gasteiger charge is -2.31. The van der Waals surface area contributed by atoms with Gasteiger partial charge < -0.3 is 9.15 Å². The molecule has 1 aliphatic rings. The van der Waals surface area contributed by atoms with Gasteiger partial charge in [0.05, 0.1) is 11.5 Å². The normalized spacial score (nSPS) is 18.0. The molecule has 0 unspecified atom stereocenters. The third kappa shape index (κ3) is 4.33. The molecule has 1 saturated heterocycles. The summed E-state index contributed by atoms with van der Waals surface area (Å²) in [5.41, 5.74) is -0.131. The first-order valence-corrected chi connectivity index (χ1v) is 10.8. The van der Waals surface area contributed by atoms with Crippen molar-refractivity contribution in [1.82, 2.24) is 4.31 Å². The van der Waals surface area contributed by atoms with Crippen LogP contribution in [-0.2, 0) is 10.0 Å². The van der Waals surface area contributed by atoms with Crippen LogP contribution in [-0.4, -0.2) is 32.4 Å². The first-order valence-electron chi connectivity index (χ1n) is 9.34. The van der Waals surface area contributed by atoms with E-state index < -0.39 is 15.6 Å². The van der Waals surface area contributed by atoms with Crippen molar-refractivity contribution in [2.75, 3.05) is 19.7 Å². The molecule has 0 N–H and O–H groups in total. The molecule has 0 bridgehead atoms. The van der Waals surface area contributed by atoms with Crippen LogP contribution in [0.2, 0.25) is 0 Å². The second kappa shape index (κ2) is 7.96. The van der Waals surface area contributed by atoms with E-state index in [1.165, 1.54) is 40.7 Å². The molecule has 152 valence electrons. The Morgan fingerprint density at radius 1 is 1.10 bits per heavy atom. The molecule has 1 aromatic heterocycles. The van der Waals surface area contributed by atoms with Crippen molar-refractivity contribution in [1.29, 1.82) is 0 Å². The molecule has 4 rings (SSSR count). The minimum absolute atomic E-state index is 0.0436. The maximum atomic E-state index is 13.1. The predicted molar refractivity (Wildman–Crippen MR) is 106 cm³/mol. The fourth-order valence-electron chi connectivity index (χ4n) is 3.49. The second-order valence-electron chi connectivity index (χ2n) is 7.09. The first-order chi connectivity index (χ1) is 13.9. The lowest BCUT2D eigenvalue weighted by Crippen LogP contribution is -2.41. The number of hydrogen-bond acceptors (Lipinski definition) is 5. The van der Waals surface area contributed by atoms with Crippen LogP contribution in [0, 0.1) is 11.7 Å². The first kappa shape index (κ1) is 19.6. The highest BCUT2D eigenvalue weighted by atomic mass is 32.2. The quantitative estimate of drug-likeness (QED) is 0.595. The SMILES string of the molecule is O=c1ccc2cc(S(=O)(=O)N3CCC[C@H](COc4ccc(F)cc4)C3)ccc2o1. The van der Waals surface area contributed by atoms with Gasteiger partial charge >= 0.3 is 5.63 Å². The van der Waals surface area contributed by atoms with Crippen molar-refractivity contribution in [2.24, 2.45) is 5.92 Å². The summed E-state index contributed by atoms with van der Waals surface area (Å²) in [4.78, 5) is 11.5. The van der Waals surface area contributed by atoms with Crippen LogP contribution in [0.15, 0.2) is 68.7 Å². The molecule has 0 spiro atoms. The average Bonchev–Trinajstić information content (AvgIpc) is 2.73. The van der Waals surface area contributed by atoms with E-state index in [0.717, 1.165) is 12.8 Å². The summed E-state index contributed by atoms with van der Waals surface area (Å²) in [6, 6.07) is 13.1. The molecule has 29 heavy (non-hydrogen) atoms. The van der Waals surface area contributed by atoms with Gasteiger partial charge in [0.2, 0.25) is 10.0 Å². The van der Waals surface area contributed by atoms with Crippen LogP contribution in [0.1, 0.15) is 12.8 Å². The standard InChI is InChI=1S/C21H20FNO5S/c22-17-4-6-18(7-5-17)27-14-15-2-1-11-23(13-15)29(25,26)19-8-9-20-16(12-19)3-10-21(24)28-20/h3-10,12,15H,1-2,11,13-14H2/t15-/m0/s1. The van der Waals surface area contributed by atoms with Crippen LogP contribution < -0.4 is 10.4 Å². The average molecular weight is 417 g/mol. The second-order valence-corrected chi connectivity index (χ2v) is 9.03. The number of halogens is 1. The maximum Gasteiger partial charge on any atom is 0.336 e. The van der Waals surface area contributed by atoms with Crippen molar-refractivity contribution in [3.05, 3.63) is 70.8 Å². The van der Waals surface area contributed by atoms with E-state index in [-0.39, 0.29) is 16.6 Å². The molecular formula is C21H20FNO5S. The van der Waals surface area contributed by atoms with Crippen LogP contribution >= 0.6 is 0 Å². The third-order valence-electron chi connectivity index (χ3n) is 5.01. The number of benzene rings is 2. The summed E-state index contributed by atoms with van der Waals surface area (Å²) in [5.74, 6) is 0.270. The zero-order valence-electron chi connectivity index (χ0n) is 15.6. The van der Waals surface area contributed by atoms with Crippen LogP contribution in [0.5, 0.6) is 5.75 Å². The molecule has 0 amide bonds. The van der Waals surface area contributed by atoms with Crippen LogP contribution in [0.25, 0.3) is 11.0 Å². The highest BCUT2D eigenvalue weighted by Crippen LogP contribution is 2.26. The van der Waals surface area contributed by atoms with Gasteiger partial charge in [-0.05, 0) is 61.4 Å². The lowest BCUT2D eigenvalue weighted by molar-refractivity contribution is 0.180. The van der Waals surface area contributed by atoms with Crippen molar-refractivity contribution in [3.63, 3.8) is 0 Å². The minimum atomic E-state index is -3.68. The smallest absolute Gasteiger partial charge is 0.336 e. The van der Waals surface area contributed by atoms with Gasteiger partial charge in [0.25, 0.3) is 0 Å². The van der Waals surface area contributed by atoms with Crippen molar-refractivity contribution < 1.29 is 22.0 Å². The molecule has 1 fully saturated rings. The zero-order valence-corrected chi connectivity index (χ0v) is 16.4. The number of nitrogens with zero attached hydrogens (tertiary/aromatic N) is 1. The number of piperidine rings is 1. The van der Waals surface area contributed by atoms with Gasteiger partial charge in [-0.3, -0.25) is 0 Å². The van der Waals surface area contributed by atoms with Crippen molar-refractivity contribution in [3.8, 4) is 5.75 Å². The van der Waals surface area contributed by atoms with Gasteiger partial charge in [0.1, 0.15) is 17.1 Å². The van der Waals surface area contributed by atoms with Crippen molar-refractivity contribution >= 4 is 21.0 Å². The fraction of sp³-hybridized carbons (Fsp3) is 0.286. The van der Waals surface area contributed by atoms with E-state index in [1.54, 1.807) is 18.2 Å². The van der Waals surface area contributed by atoms with Gasteiger partial charge in [-0.1, -0.05) is 0 Å². The molecule has 1 aliphatic heterocycles. The Hall–Kier alpha value is -2.71. The Morgan fingerprint density at radius 3 is 2.69 bits per heavy atom. The van der Waals surface area contributed by atoms with E-state index in [1.807, 2.05) is 0 Å². The summed E-state index contributed by atoms with van der Waals surface area (Å²) >= 11 is 0. The summed E-state index contributed by atoms with van der Waals surface area (Å²) in [6.45, 7) is 1.16. The van der Waals surface area contributed by atoms with Gasteiger partial charge in [0, 0.05) is 30.5 Å². The number of rotatable bonds is 5. The summed E-state index contributed by atoms with van der Waals surface area (Å²) < 4.78 is 51.4.